The van der Waals surface area contributed by atoms with Crippen LogP contribution in [0.4, 0.5) is 4.39 Å². The van der Waals surface area contributed by atoms with Crippen molar-refractivity contribution in [3.63, 3.8) is 0 Å². The second-order valence-electron chi connectivity index (χ2n) is 5.47. The average Bonchev–Trinajstić information content (AvgIpc) is 2.45. The summed E-state index contributed by atoms with van der Waals surface area (Å²) < 4.78 is 14.4. The Morgan fingerprint density at radius 1 is 1.32 bits per heavy atom. The first kappa shape index (κ1) is 15.0. The molecule has 1 aromatic carbocycles. The molecule has 0 heterocycles. The van der Waals surface area contributed by atoms with E-state index in [0.29, 0.717) is 10.4 Å². The largest absolute Gasteiger partial charge is 0.310 e. The van der Waals surface area contributed by atoms with Crippen molar-refractivity contribution in [2.24, 2.45) is 5.92 Å². The lowest BCUT2D eigenvalue weighted by Crippen LogP contribution is -2.30. The zero-order chi connectivity index (χ0) is 13.7. The molecule has 1 unspecified atom stereocenters. The molecule has 1 saturated carbocycles. The first-order valence-electron chi connectivity index (χ1n) is 7.41. The van der Waals surface area contributed by atoms with E-state index < -0.39 is 0 Å². The van der Waals surface area contributed by atoms with Crippen molar-refractivity contribution in [3.05, 3.63) is 34.1 Å². The van der Waals surface area contributed by atoms with E-state index in [1.54, 1.807) is 0 Å². The lowest BCUT2D eigenvalue weighted by atomic mass is 9.81. The Kier molecular flexibility index (Phi) is 5.83. The highest BCUT2D eigenvalue weighted by Gasteiger charge is 2.26. The van der Waals surface area contributed by atoms with Crippen LogP contribution in [0, 0.1) is 11.7 Å². The van der Waals surface area contributed by atoms with Gasteiger partial charge in [-0.2, -0.15) is 0 Å². The van der Waals surface area contributed by atoms with Crippen LogP contribution in [0.15, 0.2) is 22.7 Å². The Balaban J connectivity index is 2.22. The van der Waals surface area contributed by atoms with Crippen molar-refractivity contribution >= 4 is 15.9 Å². The summed E-state index contributed by atoms with van der Waals surface area (Å²) in [5.74, 6) is 0.481. The Labute approximate surface area is 124 Å². The second kappa shape index (κ2) is 7.39. The second-order valence-corrected chi connectivity index (χ2v) is 6.27. The van der Waals surface area contributed by atoms with Gasteiger partial charge in [-0.15, -0.1) is 0 Å². The van der Waals surface area contributed by atoms with Crippen LogP contribution in [0.1, 0.15) is 57.1 Å². The van der Waals surface area contributed by atoms with Gasteiger partial charge in [-0.1, -0.05) is 38.3 Å². The quantitative estimate of drug-likeness (QED) is 0.782. The average molecular weight is 328 g/mol. The molecule has 3 heteroatoms. The number of halogens is 2. The van der Waals surface area contributed by atoms with Gasteiger partial charge in [0.15, 0.2) is 0 Å². The molecule has 1 aromatic rings. The fourth-order valence-electron chi connectivity index (χ4n) is 3.06. The van der Waals surface area contributed by atoms with Gasteiger partial charge in [0.1, 0.15) is 5.82 Å². The van der Waals surface area contributed by atoms with Crippen molar-refractivity contribution in [2.75, 3.05) is 6.54 Å². The molecule has 19 heavy (non-hydrogen) atoms. The molecule has 106 valence electrons. The van der Waals surface area contributed by atoms with Gasteiger partial charge in [-0.05, 0) is 59.3 Å². The van der Waals surface area contributed by atoms with Gasteiger partial charge < -0.3 is 5.32 Å². The maximum atomic E-state index is 13.8. The van der Waals surface area contributed by atoms with Crippen molar-refractivity contribution in [1.29, 1.82) is 0 Å². The van der Waals surface area contributed by atoms with E-state index in [1.807, 2.05) is 6.07 Å². The highest BCUT2D eigenvalue weighted by molar-refractivity contribution is 9.10. The number of nitrogens with one attached hydrogen (secondary N) is 1. The molecule has 2 rings (SSSR count). The van der Waals surface area contributed by atoms with Crippen LogP contribution in [0.3, 0.4) is 0 Å². The maximum absolute atomic E-state index is 13.8. The molecule has 0 amide bonds. The van der Waals surface area contributed by atoms with Crippen LogP contribution in [0.25, 0.3) is 0 Å². The number of benzene rings is 1. The summed E-state index contributed by atoms with van der Waals surface area (Å²) in [6.07, 6.45) is 7.58. The van der Waals surface area contributed by atoms with E-state index in [4.69, 9.17) is 0 Å². The van der Waals surface area contributed by atoms with E-state index in [0.717, 1.165) is 18.5 Å². The molecule has 0 saturated heterocycles. The molecule has 0 aliphatic heterocycles. The molecular formula is C16H23BrFN. The lowest BCUT2D eigenvalue weighted by molar-refractivity contribution is 0.271. The van der Waals surface area contributed by atoms with Gasteiger partial charge in [0.2, 0.25) is 0 Å². The summed E-state index contributed by atoms with van der Waals surface area (Å²) in [6.45, 7) is 3.16. The summed E-state index contributed by atoms with van der Waals surface area (Å²) >= 11 is 3.42. The Bertz CT molecular complexity index is 402. The van der Waals surface area contributed by atoms with Crippen LogP contribution < -0.4 is 5.32 Å². The zero-order valence-electron chi connectivity index (χ0n) is 11.6. The molecule has 1 nitrogen and oxygen atoms in total. The highest BCUT2D eigenvalue weighted by Crippen LogP contribution is 2.37. The van der Waals surface area contributed by atoms with Crippen LogP contribution >= 0.6 is 15.9 Å². The zero-order valence-corrected chi connectivity index (χ0v) is 13.2. The minimum absolute atomic E-state index is 0.156. The van der Waals surface area contributed by atoms with Crippen LogP contribution in [0.2, 0.25) is 0 Å². The molecular weight excluding hydrogens is 305 g/mol. The van der Waals surface area contributed by atoms with Crippen molar-refractivity contribution < 1.29 is 4.39 Å². The molecule has 0 bridgehead atoms. The highest BCUT2D eigenvalue weighted by atomic mass is 79.9. The standard InChI is InChI=1S/C16H23BrFN/c1-2-11-19-16(12-7-4-3-5-8-12)13-9-6-10-14(18)15(13)17/h6,9-10,12,16,19H,2-5,7-8,11H2,1H3. The minimum Gasteiger partial charge on any atom is -0.310 e. The van der Waals surface area contributed by atoms with E-state index in [1.165, 1.54) is 38.2 Å². The number of rotatable bonds is 5. The van der Waals surface area contributed by atoms with Crippen molar-refractivity contribution in [3.8, 4) is 0 Å². The SMILES string of the molecule is CCCNC(c1cccc(F)c1Br)C1CCCCC1. The topological polar surface area (TPSA) is 12.0 Å². The smallest absolute Gasteiger partial charge is 0.137 e. The molecule has 0 aromatic heterocycles. The van der Waals surface area contributed by atoms with E-state index in [9.17, 15) is 4.39 Å². The summed E-state index contributed by atoms with van der Waals surface area (Å²) in [5, 5.41) is 3.63. The monoisotopic (exact) mass is 327 g/mol. The predicted octanol–water partition coefficient (Wildman–Crippen LogP) is 5.21. The Morgan fingerprint density at radius 3 is 2.74 bits per heavy atom. The summed E-state index contributed by atoms with van der Waals surface area (Å²) in [6, 6.07) is 5.67. The van der Waals surface area contributed by atoms with Gasteiger partial charge in [-0.3, -0.25) is 0 Å². The maximum Gasteiger partial charge on any atom is 0.137 e. The van der Waals surface area contributed by atoms with Gasteiger partial charge in [0.25, 0.3) is 0 Å². The van der Waals surface area contributed by atoms with Gasteiger partial charge >= 0.3 is 0 Å². The third kappa shape index (κ3) is 3.79. The fraction of sp³-hybridized carbons (Fsp3) is 0.625. The first-order valence-corrected chi connectivity index (χ1v) is 8.20. The molecule has 1 N–H and O–H groups in total. The summed E-state index contributed by atoms with van der Waals surface area (Å²) in [5.41, 5.74) is 1.08. The summed E-state index contributed by atoms with van der Waals surface area (Å²) in [4.78, 5) is 0. The minimum atomic E-state index is -0.156. The Hall–Kier alpha value is -0.410. The number of hydrogen-bond donors (Lipinski definition) is 1. The number of hydrogen-bond acceptors (Lipinski definition) is 1. The van der Waals surface area contributed by atoms with Gasteiger partial charge in [0.05, 0.1) is 4.47 Å². The third-order valence-corrected chi connectivity index (χ3v) is 4.89. The molecule has 1 fully saturated rings. The lowest BCUT2D eigenvalue weighted by Gasteiger charge is -2.32. The van der Waals surface area contributed by atoms with Crippen LogP contribution in [-0.2, 0) is 0 Å². The summed E-state index contributed by atoms with van der Waals surface area (Å²) in [7, 11) is 0. The fourth-order valence-corrected chi connectivity index (χ4v) is 3.57. The van der Waals surface area contributed by atoms with E-state index >= 15 is 0 Å². The molecule has 0 spiro atoms. The van der Waals surface area contributed by atoms with Gasteiger partial charge in [0, 0.05) is 6.04 Å². The van der Waals surface area contributed by atoms with Crippen molar-refractivity contribution in [1.82, 2.24) is 5.32 Å². The normalized spacial score (nSPS) is 18.5. The molecule has 0 radical (unpaired) electrons. The van der Waals surface area contributed by atoms with E-state index in [2.05, 4.69) is 34.2 Å². The Morgan fingerprint density at radius 2 is 2.05 bits per heavy atom. The predicted molar refractivity (Wildman–Crippen MR) is 81.7 cm³/mol. The molecule has 1 aliphatic carbocycles. The van der Waals surface area contributed by atoms with E-state index in [-0.39, 0.29) is 11.9 Å². The van der Waals surface area contributed by atoms with Crippen LogP contribution in [-0.4, -0.2) is 6.54 Å². The molecule has 1 atom stereocenters. The first-order chi connectivity index (χ1) is 9.24. The van der Waals surface area contributed by atoms with Crippen LogP contribution in [0.5, 0.6) is 0 Å². The third-order valence-electron chi connectivity index (χ3n) is 4.05. The molecule has 1 aliphatic rings. The van der Waals surface area contributed by atoms with Crippen molar-refractivity contribution in [2.45, 2.75) is 51.5 Å². The van der Waals surface area contributed by atoms with Gasteiger partial charge in [-0.25, -0.2) is 4.39 Å².